The number of nitrogens with zero attached hydrogens (tertiary/aromatic N) is 1. The minimum absolute atomic E-state index is 0.0506. The molecule has 0 bridgehead atoms. The Hall–Kier alpha value is -2.20. The van der Waals surface area contributed by atoms with Crippen LogP contribution in [0.5, 0.6) is 0 Å². The van der Waals surface area contributed by atoms with Gasteiger partial charge in [0.2, 0.25) is 5.91 Å². The Morgan fingerprint density at radius 2 is 2.16 bits per heavy atom. The third kappa shape index (κ3) is 5.98. The number of thioether (sulfide) groups is 1. The summed E-state index contributed by atoms with van der Waals surface area (Å²) < 4.78 is 18.8. The second kappa shape index (κ2) is 8.77. The number of ether oxygens (including phenoxy) is 1. The second-order valence-corrected chi connectivity index (χ2v) is 6.64. The van der Waals surface area contributed by atoms with E-state index in [-0.39, 0.29) is 28.7 Å². The topological polar surface area (TPSA) is 101 Å². The van der Waals surface area contributed by atoms with Gasteiger partial charge in [0.05, 0.1) is 30.7 Å². The van der Waals surface area contributed by atoms with Gasteiger partial charge in [0, 0.05) is 10.5 Å². The van der Waals surface area contributed by atoms with Crippen molar-refractivity contribution in [2.24, 2.45) is 0 Å². The number of anilines is 1. The number of aromatic amines is 1. The van der Waals surface area contributed by atoms with Crippen LogP contribution in [0.25, 0.3) is 0 Å². The van der Waals surface area contributed by atoms with Gasteiger partial charge in [0.15, 0.2) is 5.16 Å². The third-order valence-electron chi connectivity index (χ3n) is 2.87. The first-order valence-electron chi connectivity index (χ1n) is 6.92. The Kier molecular flexibility index (Phi) is 6.71. The zero-order chi connectivity index (χ0) is 18.4. The van der Waals surface area contributed by atoms with Gasteiger partial charge in [-0.15, -0.1) is 0 Å². The van der Waals surface area contributed by atoms with Crippen LogP contribution in [0.15, 0.2) is 38.7 Å². The van der Waals surface area contributed by atoms with E-state index in [1.54, 1.807) is 6.07 Å². The lowest BCUT2D eigenvalue weighted by Gasteiger charge is -2.07. The molecule has 0 spiro atoms. The van der Waals surface area contributed by atoms with Crippen molar-refractivity contribution in [2.75, 3.05) is 18.2 Å². The summed E-state index contributed by atoms with van der Waals surface area (Å²) in [6.45, 7) is 0. The van der Waals surface area contributed by atoms with Crippen molar-refractivity contribution in [1.29, 1.82) is 0 Å². The van der Waals surface area contributed by atoms with E-state index in [9.17, 15) is 18.8 Å². The largest absolute Gasteiger partial charge is 0.469 e. The lowest BCUT2D eigenvalue weighted by molar-refractivity contribution is -0.139. The lowest BCUT2D eigenvalue weighted by Crippen LogP contribution is -2.17. The van der Waals surface area contributed by atoms with Crippen LogP contribution in [0.1, 0.15) is 5.69 Å². The van der Waals surface area contributed by atoms with Crippen molar-refractivity contribution >= 4 is 45.3 Å². The van der Waals surface area contributed by atoms with Gasteiger partial charge in [0.1, 0.15) is 5.82 Å². The predicted octanol–water partition coefficient (Wildman–Crippen LogP) is 2.12. The highest BCUT2D eigenvalue weighted by Gasteiger charge is 2.11. The van der Waals surface area contributed by atoms with Crippen LogP contribution in [0.2, 0.25) is 0 Å². The Morgan fingerprint density at radius 1 is 1.40 bits per heavy atom. The van der Waals surface area contributed by atoms with Crippen LogP contribution < -0.4 is 10.9 Å². The molecule has 0 unspecified atom stereocenters. The number of amides is 1. The molecule has 1 amide bonds. The summed E-state index contributed by atoms with van der Waals surface area (Å²) in [6.07, 6.45) is -0.149. The van der Waals surface area contributed by atoms with Gasteiger partial charge in [-0.25, -0.2) is 9.37 Å². The second-order valence-electron chi connectivity index (χ2n) is 4.76. The highest BCUT2D eigenvalue weighted by molar-refractivity contribution is 9.10. The average molecular weight is 430 g/mol. The van der Waals surface area contributed by atoms with Gasteiger partial charge < -0.3 is 15.0 Å². The Balaban J connectivity index is 1.99. The molecule has 25 heavy (non-hydrogen) atoms. The fourth-order valence-electron chi connectivity index (χ4n) is 1.77. The smallest absolute Gasteiger partial charge is 0.311 e. The van der Waals surface area contributed by atoms with E-state index in [0.717, 1.165) is 11.8 Å². The number of hydrogen-bond donors (Lipinski definition) is 2. The minimum Gasteiger partial charge on any atom is -0.469 e. The van der Waals surface area contributed by atoms with Crippen molar-refractivity contribution in [3.05, 3.63) is 50.6 Å². The van der Waals surface area contributed by atoms with Crippen molar-refractivity contribution in [2.45, 2.75) is 11.6 Å². The summed E-state index contributed by atoms with van der Waals surface area (Å²) in [5.41, 5.74) is -0.164. The molecule has 0 aliphatic carbocycles. The van der Waals surface area contributed by atoms with Gasteiger partial charge >= 0.3 is 5.97 Å². The van der Waals surface area contributed by atoms with Gasteiger partial charge in [0.25, 0.3) is 5.56 Å². The van der Waals surface area contributed by atoms with Gasteiger partial charge in [-0.3, -0.25) is 14.4 Å². The number of esters is 1. The van der Waals surface area contributed by atoms with E-state index in [1.165, 1.54) is 25.3 Å². The molecule has 2 rings (SSSR count). The zero-order valence-corrected chi connectivity index (χ0v) is 15.4. The number of halogens is 2. The summed E-state index contributed by atoms with van der Waals surface area (Å²) in [5, 5.41) is 2.61. The number of rotatable bonds is 6. The first-order chi connectivity index (χ1) is 11.9. The number of methoxy groups -OCH3 is 1. The number of carbonyl (C=O) groups is 2. The molecule has 7 nitrogen and oxygen atoms in total. The number of H-pyrrole nitrogens is 1. The van der Waals surface area contributed by atoms with Crippen LogP contribution in [0.4, 0.5) is 10.1 Å². The summed E-state index contributed by atoms with van der Waals surface area (Å²) in [7, 11) is 1.23. The van der Waals surface area contributed by atoms with Crippen LogP contribution in [-0.4, -0.2) is 34.7 Å². The van der Waals surface area contributed by atoms with Crippen molar-refractivity contribution in [1.82, 2.24) is 9.97 Å². The minimum atomic E-state index is -0.570. The molecule has 0 fully saturated rings. The van der Waals surface area contributed by atoms with Crippen molar-refractivity contribution in [3.8, 4) is 0 Å². The first-order valence-corrected chi connectivity index (χ1v) is 8.70. The molecule has 10 heteroatoms. The molecule has 2 N–H and O–H groups in total. The monoisotopic (exact) mass is 429 g/mol. The Labute approximate surface area is 154 Å². The zero-order valence-electron chi connectivity index (χ0n) is 13.0. The van der Waals surface area contributed by atoms with Crippen LogP contribution >= 0.6 is 27.7 Å². The third-order valence-corrected chi connectivity index (χ3v) is 4.24. The van der Waals surface area contributed by atoms with E-state index in [2.05, 4.69) is 36.0 Å². The van der Waals surface area contributed by atoms with Crippen molar-refractivity contribution in [3.63, 3.8) is 0 Å². The lowest BCUT2D eigenvalue weighted by atomic mass is 10.3. The van der Waals surface area contributed by atoms with E-state index in [1.807, 2.05) is 0 Å². The van der Waals surface area contributed by atoms with Crippen LogP contribution in [0.3, 0.4) is 0 Å². The molecule has 0 aliphatic rings. The standard InChI is InChI=1S/C15H13BrFN3O4S/c1-24-14(23)6-9-5-12(21)20-15(18-9)25-7-13(22)19-11-3-2-8(16)4-10(11)17/h2-5H,6-7H2,1H3,(H,19,22)(H,18,20,21). The molecule has 0 aliphatic heterocycles. The number of hydrogen-bond acceptors (Lipinski definition) is 6. The highest BCUT2D eigenvalue weighted by Crippen LogP contribution is 2.20. The van der Waals surface area contributed by atoms with Gasteiger partial charge in [-0.05, 0) is 18.2 Å². The molecular formula is C15H13BrFN3O4S. The van der Waals surface area contributed by atoms with E-state index in [4.69, 9.17) is 0 Å². The van der Waals surface area contributed by atoms with E-state index in [0.29, 0.717) is 4.47 Å². The number of carbonyl (C=O) groups excluding carboxylic acids is 2. The fourth-order valence-corrected chi connectivity index (χ4v) is 2.80. The van der Waals surface area contributed by atoms with Gasteiger partial charge in [-0.1, -0.05) is 27.7 Å². The van der Waals surface area contributed by atoms with Crippen LogP contribution in [0, 0.1) is 5.82 Å². The summed E-state index contributed by atoms with van der Waals surface area (Å²) in [5.74, 6) is -1.66. The Morgan fingerprint density at radius 3 is 2.84 bits per heavy atom. The maximum Gasteiger partial charge on any atom is 0.311 e. The van der Waals surface area contributed by atoms with Crippen molar-refractivity contribution < 1.29 is 18.7 Å². The maximum atomic E-state index is 13.7. The van der Waals surface area contributed by atoms with Gasteiger partial charge in [-0.2, -0.15) is 0 Å². The number of benzene rings is 1. The molecule has 1 aromatic heterocycles. The normalized spacial score (nSPS) is 10.4. The average Bonchev–Trinajstić information content (AvgIpc) is 2.55. The molecule has 0 atom stereocenters. The fraction of sp³-hybridized carbons (Fsp3) is 0.200. The summed E-state index contributed by atoms with van der Waals surface area (Å²) >= 11 is 4.08. The molecular weight excluding hydrogens is 417 g/mol. The maximum absolute atomic E-state index is 13.7. The van der Waals surface area contributed by atoms with Crippen LogP contribution in [-0.2, 0) is 20.7 Å². The first kappa shape index (κ1) is 19.1. The number of nitrogens with one attached hydrogen (secondary N) is 2. The molecule has 1 aromatic carbocycles. The Bertz CT molecular complexity index is 859. The summed E-state index contributed by atoms with van der Waals surface area (Å²) in [4.78, 5) is 41.3. The summed E-state index contributed by atoms with van der Waals surface area (Å²) in [6, 6.07) is 5.44. The highest BCUT2D eigenvalue weighted by atomic mass is 79.9. The molecule has 132 valence electrons. The SMILES string of the molecule is COC(=O)Cc1cc(=O)[nH]c(SCC(=O)Nc2ccc(Br)cc2F)n1. The quantitative estimate of drug-likeness (QED) is 0.414. The number of aromatic nitrogens is 2. The molecule has 0 saturated heterocycles. The molecule has 0 radical (unpaired) electrons. The molecule has 2 aromatic rings. The predicted molar refractivity (Wildman–Crippen MR) is 94.0 cm³/mol. The molecule has 0 saturated carbocycles. The van der Waals surface area contributed by atoms with E-state index < -0.39 is 23.3 Å². The molecule has 1 heterocycles. The van der Waals surface area contributed by atoms with E-state index >= 15 is 0 Å².